The van der Waals surface area contributed by atoms with Gasteiger partial charge in [0.25, 0.3) is 0 Å². The number of aromatic nitrogens is 2. The molecule has 33 heavy (non-hydrogen) atoms. The quantitative estimate of drug-likeness (QED) is 0.576. The lowest BCUT2D eigenvalue weighted by molar-refractivity contribution is -0.00143. The molecule has 1 fully saturated rings. The number of fused-ring (bicyclic) bond motifs is 1. The van der Waals surface area contributed by atoms with Crippen molar-refractivity contribution in [1.29, 1.82) is 0 Å². The maximum absolute atomic E-state index is 11.9. The summed E-state index contributed by atoms with van der Waals surface area (Å²) >= 11 is 0. The van der Waals surface area contributed by atoms with Gasteiger partial charge >= 0.3 is 0 Å². The third kappa shape index (κ3) is 5.16. The topological polar surface area (TPSA) is 61.1 Å². The first-order valence-corrected chi connectivity index (χ1v) is 10.7. The van der Waals surface area contributed by atoms with E-state index in [1.54, 1.807) is 31.6 Å². The Kier molecular flexibility index (Phi) is 6.63. The number of halogens is 1. The summed E-state index contributed by atoms with van der Waals surface area (Å²) in [6.45, 7) is 6.75. The molecule has 1 saturated heterocycles. The van der Waals surface area contributed by atoms with Crippen molar-refractivity contribution in [3.8, 4) is 11.4 Å². The van der Waals surface area contributed by atoms with Crippen LogP contribution in [0.5, 0.6) is 5.75 Å². The van der Waals surface area contributed by atoms with Crippen LogP contribution in [0, 0.1) is 12.7 Å². The van der Waals surface area contributed by atoms with Gasteiger partial charge in [-0.2, -0.15) is 0 Å². The molecule has 8 heteroatoms. The average Bonchev–Trinajstić information content (AvgIpc) is 3.40. The Morgan fingerprint density at radius 1 is 1.15 bits per heavy atom. The number of hydrogen-bond donors (Lipinski definition) is 0. The maximum atomic E-state index is 11.9. The predicted octanol–water partition coefficient (Wildman–Crippen LogP) is 4.77. The van der Waals surface area contributed by atoms with Gasteiger partial charge in [0.15, 0.2) is 12.0 Å². The van der Waals surface area contributed by atoms with Gasteiger partial charge in [0, 0.05) is 6.20 Å². The lowest BCUT2D eigenvalue weighted by Crippen LogP contribution is -2.45. The Morgan fingerprint density at radius 3 is 2.58 bits per heavy atom. The van der Waals surface area contributed by atoms with E-state index >= 15 is 0 Å². The van der Waals surface area contributed by atoms with Gasteiger partial charge in [0.05, 0.1) is 31.4 Å². The van der Waals surface area contributed by atoms with Crippen LogP contribution in [-0.2, 0) is 9.57 Å². The second-order valence-corrected chi connectivity index (χ2v) is 7.86. The third-order valence-corrected chi connectivity index (χ3v) is 5.23. The smallest absolute Gasteiger partial charge is 0.213 e. The highest BCUT2D eigenvalue weighted by Gasteiger charge is 2.36. The molecule has 0 aliphatic carbocycles. The summed E-state index contributed by atoms with van der Waals surface area (Å²) in [6.07, 6.45) is 5.71. The van der Waals surface area contributed by atoms with E-state index in [4.69, 9.17) is 14.3 Å². The van der Waals surface area contributed by atoms with Crippen LogP contribution in [-0.4, -0.2) is 46.3 Å². The first-order valence-electron chi connectivity index (χ1n) is 10.7. The van der Waals surface area contributed by atoms with Crippen LogP contribution in [0.1, 0.15) is 25.1 Å². The molecule has 2 aliphatic rings. The molecule has 2 atom stereocenters. The number of benzene rings is 2. The van der Waals surface area contributed by atoms with Crippen molar-refractivity contribution in [1.82, 2.24) is 14.5 Å². The molecule has 1 aromatic heterocycles. The Bertz CT molecular complexity index is 1160. The van der Waals surface area contributed by atoms with Crippen LogP contribution in [0.2, 0.25) is 0 Å². The van der Waals surface area contributed by atoms with E-state index in [0.29, 0.717) is 5.76 Å². The third-order valence-electron chi connectivity index (χ3n) is 5.23. The molecular formula is C25H27FN4O3. The highest BCUT2D eigenvalue weighted by atomic mass is 19.1. The molecule has 0 bridgehead atoms. The maximum Gasteiger partial charge on any atom is 0.213 e. The normalized spacial score (nSPS) is 20.2. The van der Waals surface area contributed by atoms with Gasteiger partial charge in [-0.3, -0.25) is 0 Å². The van der Waals surface area contributed by atoms with Gasteiger partial charge in [-0.25, -0.2) is 9.37 Å². The van der Waals surface area contributed by atoms with Crippen LogP contribution >= 0.6 is 0 Å². The number of rotatable bonds is 3. The molecule has 2 aliphatic heterocycles. The molecule has 0 unspecified atom stereocenters. The highest BCUT2D eigenvalue weighted by Crippen LogP contribution is 2.29. The van der Waals surface area contributed by atoms with E-state index < -0.39 is 0 Å². The number of hydrogen-bond acceptors (Lipinski definition) is 6. The molecule has 172 valence electrons. The van der Waals surface area contributed by atoms with Crippen LogP contribution in [0.25, 0.3) is 11.8 Å². The molecular weight excluding hydrogens is 423 g/mol. The molecule has 5 rings (SSSR count). The minimum Gasteiger partial charge on any atom is -0.495 e. The molecule has 0 amide bonds. The number of methoxy groups -OCH3 is 1. The SMILES string of the molecule is COc1cc(/C=C2/O[C@H](C)CN3C2=NO[C@H]3C)ccc1-n1cnc(C)c1.Fc1ccccc1. The standard InChI is InChI=1S/C19H22N4O3.C6H5F/c1-12-9-22(11-20-12)16-6-5-15(7-17(16)24-4)8-18-19-21-26-14(3)23(19)10-13(2)25-18;7-6-4-2-1-3-5-6/h5-9,11,13-14H,10H2,1-4H3;1-5H/b18-8+;/t13-,14+;/m1./s1. The van der Waals surface area contributed by atoms with Crippen LogP contribution in [0.4, 0.5) is 4.39 Å². The number of morpholine rings is 1. The molecule has 2 aromatic carbocycles. The van der Waals surface area contributed by atoms with Crippen molar-refractivity contribution in [2.45, 2.75) is 33.1 Å². The number of oxime groups is 1. The van der Waals surface area contributed by atoms with E-state index in [1.807, 2.05) is 55.8 Å². The van der Waals surface area contributed by atoms with Crippen LogP contribution in [0.3, 0.4) is 0 Å². The zero-order valence-corrected chi connectivity index (χ0v) is 19.1. The summed E-state index contributed by atoms with van der Waals surface area (Å²) in [5, 5.41) is 4.17. The van der Waals surface area contributed by atoms with Gasteiger partial charge in [0.1, 0.15) is 17.7 Å². The van der Waals surface area contributed by atoms with Crippen molar-refractivity contribution in [2.24, 2.45) is 5.16 Å². The summed E-state index contributed by atoms with van der Waals surface area (Å²) in [5.41, 5.74) is 2.86. The molecule has 3 heterocycles. The fourth-order valence-electron chi connectivity index (χ4n) is 3.63. The van der Waals surface area contributed by atoms with Crippen LogP contribution < -0.4 is 4.74 Å². The lowest BCUT2D eigenvalue weighted by atomic mass is 10.1. The van der Waals surface area contributed by atoms with Crippen molar-refractivity contribution in [2.75, 3.05) is 13.7 Å². The Balaban J connectivity index is 0.000000318. The highest BCUT2D eigenvalue weighted by molar-refractivity contribution is 6.01. The number of amidine groups is 1. The van der Waals surface area contributed by atoms with Crippen LogP contribution in [0.15, 0.2) is 72.0 Å². The molecule has 7 nitrogen and oxygen atoms in total. The Hall–Kier alpha value is -3.81. The van der Waals surface area contributed by atoms with Gasteiger partial charge in [-0.15, -0.1) is 0 Å². The first-order chi connectivity index (χ1) is 15.9. The van der Waals surface area contributed by atoms with Crippen molar-refractivity contribution < 1.29 is 18.7 Å². The van der Waals surface area contributed by atoms with Crippen molar-refractivity contribution in [3.63, 3.8) is 0 Å². The number of nitrogens with zero attached hydrogens (tertiary/aromatic N) is 4. The first kappa shape index (κ1) is 22.4. The van der Waals surface area contributed by atoms with Crippen molar-refractivity contribution in [3.05, 3.63) is 83.9 Å². The number of aryl methyl sites for hydroxylation is 1. The monoisotopic (exact) mass is 450 g/mol. The van der Waals surface area contributed by atoms with E-state index in [0.717, 1.165) is 35.1 Å². The Labute approximate surface area is 192 Å². The second kappa shape index (κ2) is 9.77. The fraction of sp³-hybridized carbons (Fsp3) is 0.280. The zero-order chi connectivity index (χ0) is 23.4. The van der Waals surface area contributed by atoms with Gasteiger partial charge in [-0.1, -0.05) is 29.4 Å². The van der Waals surface area contributed by atoms with Gasteiger partial charge in [0.2, 0.25) is 5.84 Å². The predicted molar refractivity (Wildman–Crippen MR) is 124 cm³/mol. The second-order valence-electron chi connectivity index (χ2n) is 7.86. The lowest BCUT2D eigenvalue weighted by Gasteiger charge is -2.32. The van der Waals surface area contributed by atoms with Gasteiger partial charge in [-0.05, 0) is 56.7 Å². The molecule has 0 spiro atoms. The summed E-state index contributed by atoms with van der Waals surface area (Å²) in [7, 11) is 1.66. The number of ether oxygens (including phenoxy) is 2. The molecule has 0 radical (unpaired) electrons. The zero-order valence-electron chi connectivity index (χ0n) is 19.1. The minimum atomic E-state index is -0.178. The van der Waals surface area contributed by atoms with E-state index in [2.05, 4.69) is 15.0 Å². The largest absolute Gasteiger partial charge is 0.495 e. The average molecular weight is 451 g/mol. The summed E-state index contributed by atoms with van der Waals surface area (Å²) in [5.74, 6) is 2.03. The van der Waals surface area contributed by atoms with E-state index in [1.165, 1.54) is 12.1 Å². The Morgan fingerprint density at radius 2 is 1.94 bits per heavy atom. The summed E-state index contributed by atoms with van der Waals surface area (Å²) in [6, 6.07) is 13.9. The molecule has 3 aromatic rings. The van der Waals surface area contributed by atoms with Crippen molar-refractivity contribution >= 4 is 11.9 Å². The summed E-state index contributed by atoms with van der Waals surface area (Å²) in [4.78, 5) is 11.8. The number of imidazole rings is 1. The minimum absolute atomic E-state index is 0.0684. The fourth-order valence-corrected chi connectivity index (χ4v) is 3.63. The molecule has 0 N–H and O–H groups in total. The van der Waals surface area contributed by atoms with E-state index in [9.17, 15) is 4.39 Å². The van der Waals surface area contributed by atoms with Gasteiger partial charge < -0.3 is 23.8 Å². The van der Waals surface area contributed by atoms with E-state index in [-0.39, 0.29) is 18.1 Å². The summed E-state index contributed by atoms with van der Waals surface area (Å²) < 4.78 is 25.4. The molecule has 0 saturated carbocycles.